The zero-order chi connectivity index (χ0) is 17.4. The summed E-state index contributed by atoms with van der Waals surface area (Å²) < 4.78 is 0. The lowest BCUT2D eigenvalue weighted by atomic mass is 9.85. The lowest BCUT2D eigenvalue weighted by Crippen LogP contribution is -2.57. The van der Waals surface area contributed by atoms with E-state index in [9.17, 15) is 14.4 Å². The Morgan fingerprint density at radius 3 is 2.30 bits per heavy atom. The molecule has 5 N–H and O–H groups in total. The van der Waals surface area contributed by atoms with Gasteiger partial charge in [-0.05, 0) is 37.0 Å². The van der Waals surface area contributed by atoms with E-state index in [1.54, 1.807) is 0 Å². The molecule has 2 amide bonds. The molecule has 2 unspecified atom stereocenters. The Labute approximate surface area is 136 Å². The first-order valence-corrected chi connectivity index (χ1v) is 8.18. The number of amides is 2. The molecule has 2 fully saturated rings. The average molecular weight is 325 g/mol. The van der Waals surface area contributed by atoms with Crippen molar-refractivity contribution in [3.63, 3.8) is 0 Å². The third-order valence-electron chi connectivity index (χ3n) is 5.22. The molecule has 0 aliphatic heterocycles. The molecule has 0 aromatic rings. The van der Waals surface area contributed by atoms with E-state index in [4.69, 9.17) is 10.8 Å². The Balaban J connectivity index is 1.96. The van der Waals surface area contributed by atoms with Crippen molar-refractivity contribution in [1.29, 1.82) is 0 Å². The standard InChI is InChI=1S/C16H27N3O4/c1-9-4-5-15(2,3)12(9)18-14(23)16(6-7-16)19-13(22)10(17)8-11(20)21/h9-10,12H,4-8,17H2,1-3H3,(H,18,23)(H,19,22)(H,20,21)/t9?,10-,12?/m0/s1. The van der Waals surface area contributed by atoms with Gasteiger partial charge in [-0.3, -0.25) is 14.4 Å². The van der Waals surface area contributed by atoms with Crippen LogP contribution in [0, 0.1) is 11.3 Å². The van der Waals surface area contributed by atoms with Gasteiger partial charge in [0.1, 0.15) is 5.54 Å². The van der Waals surface area contributed by atoms with Gasteiger partial charge in [-0.15, -0.1) is 0 Å². The van der Waals surface area contributed by atoms with E-state index in [0.717, 1.165) is 12.8 Å². The Kier molecular flexibility index (Phi) is 4.71. The summed E-state index contributed by atoms with van der Waals surface area (Å²) in [4.78, 5) is 35.2. The molecule has 130 valence electrons. The van der Waals surface area contributed by atoms with E-state index >= 15 is 0 Å². The number of rotatable bonds is 6. The van der Waals surface area contributed by atoms with Crippen LogP contribution in [0.2, 0.25) is 0 Å². The van der Waals surface area contributed by atoms with Crippen LogP contribution >= 0.6 is 0 Å². The van der Waals surface area contributed by atoms with Gasteiger partial charge < -0.3 is 21.5 Å². The predicted molar refractivity (Wildman–Crippen MR) is 84.4 cm³/mol. The van der Waals surface area contributed by atoms with Gasteiger partial charge >= 0.3 is 5.97 Å². The fraction of sp³-hybridized carbons (Fsp3) is 0.812. The van der Waals surface area contributed by atoms with Gasteiger partial charge in [0.15, 0.2) is 0 Å². The molecule has 7 nitrogen and oxygen atoms in total. The monoisotopic (exact) mass is 325 g/mol. The zero-order valence-electron chi connectivity index (χ0n) is 14.0. The maximum Gasteiger partial charge on any atom is 0.305 e. The summed E-state index contributed by atoms with van der Waals surface area (Å²) in [5.41, 5.74) is 4.68. The number of carboxylic acid groups (broad SMARTS) is 1. The highest BCUT2D eigenvalue weighted by atomic mass is 16.4. The number of carbonyl (C=O) groups excluding carboxylic acids is 2. The van der Waals surface area contributed by atoms with Crippen molar-refractivity contribution in [2.24, 2.45) is 17.1 Å². The van der Waals surface area contributed by atoms with Crippen molar-refractivity contribution in [2.75, 3.05) is 0 Å². The number of nitrogens with two attached hydrogens (primary N) is 1. The first-order chi connectivity index (χ1) is 10.6. The van der Waals surface area contributed by atoms with Gasteiger partial charge in [0.05, 0.1) is 12.5 Å². The minimum atomic E-state index is -1.14. The number of aliphatic carboxylic acids is 1. The van der Waals surface area contributed by atoms with E-state index in [1.807, 2.05) is 0 Å². The largest absolute Gasteiger partial charge is 0.481 e. The zero-order valence-corrected chi connectivity index (χ0v) is 14.0. The van der Waals surface area contributed by atoms with Crippen LogP contribution < -0.4 is 16.4 Å². The Bertz CT molecular complexity index is 513. The number of nitrogens with one attached hydrogen (secondary N) is 2. The van der Waals surface area contributed by atoms with Gasteiger partial charge in [-0.2, -0.15) is 0 Å². The molecule has 0 aromatic carbocycles. The summed E-state index contributed by atoms with van der Waals surface area (Å²) in [6.45, 7) is 6.41. The van der Waals surface area contributed by atoms with E-state index in [0.29, 0.717) is 18.8 Å². The minimum Gasteiger partial charge on any atom is -0.481 e. The molecule has 0 spiro atoms. The fourth-order valence-corrected chi connectivity index (χ4v) is 3.45. The first-order valence-electron chi connectivity index (χ1n) is 8.18. The van der Waals surface area contributed by atoms with Crippen molar-refractivity contribution in [2.45, 2.75) is 70.5 Å². The van der Waals surface area contributed by atoms with E-state index in [2.05, 4.69) is 31.4 Å². The summed E-state index contributed by atoms with van der Waals surface area (Å²) in [5.74, 6) is -1.50. The van der Waals surface area contributed by atoms with Crippen LogP contribution in [-0.4, -0.2) is 40.5 Å². The number of carbonyl (C=O) groups is 3. The van der Waals surface area contributed by atoms with Gasteiger partial charge in [0.25, 0.3) is 0 Å². The van der Waals surface area contributed by atoms with Gasteiger partial charge in [0, 0.05) is 6.04 Å². The normalized spacial score (nSPS) is 28.7. The lowest BCUT2D eigenvalue weighted by Gasteiger charge is -2.32. The summed E-state index contributed by atoms with van der Waals surface area (Å²) in [6.07, 6.45) is 2.80. The topological polar surface area (TPSA) is 122 Å². The van der Waals surface area contributed by atoms with Crippen LogP contribution in [0.25, 0.3) is 0 Å². The molecule has 0 radical (unpaired) electrons. The quantitative estimate of drug-likeness (QED) is 0.562. The van der Waals surface area contributed by atoms with Crippen LogP contribution in [0.3, 0.4) is 0 Å². The van der Waals surface area contributed by atoms with E-state index < -0.39 is 29.9 Å². The molecule has 23 heavy (non-hydrogen) atoms. The van der Waals surface area contributed by atoms with Crippen molar-refractivity contribution in [3.8, 4) is 0 Å². The Morgan fingerprint density at radius 1 is 1.26 bits per heavy atom. The second-order valence-electron chi connectivity index (χ2n) is 7.73. The predicted octanol–water partition coefficient (Wildman–Crippen LogP) is 0.378. The third kappa shape index (κ3) is 3.83. The fourth-order valence-electron chi connectivity index (χ4n) is 3.45. The van der Waals surface area contributed by atoms with Gasteiger partial charge in [-0.1, -0.05) is 20.8 Å². The molecular formula is C16H27N3O4. The summed E-state index contributed by atoms with van der Waals surface area (Å²) in [7, 11) is 0. The molecule has 0 aromatic heterocycles. The highest BCUT2D eigenvalue weighted by Crippen LogP contribution is 2.42. The lowest BCUT2D eigenvalue weighted by molar-refractivity contribution is -0.139. The Hall–Kier alpha value is -1.63. The van der Waals surface area contributed by atoms with Gasteiger partial charge in [-0.25, -0.2) is 0 Å². The number of carboxylic acids is 1. The van der Waals surface area contributed by atoms with Crippen molar-refractivity contribution >= 4 is 17.8 Å². The van der Waals surface area contributed by atoms with Crippen LogP contribution in [0.4, 0.5) is 0 Å². The molecule has 3 atom stereocenters. The maximum absolute atomic E-state index is 12.6. The maximum atomic E-state index is 12.6. The SMILES string of the molecule is CC1CCC(C)(C)C1NC(=O)C1(NC(=O)[C@@H](N)CC(=O)O)CC1. The highest BCUT2D eigenvalue weighted by Gasteiger charge is 2.53. The molecule has 2 saturated carbocycles. The van der Waals surface area contributed by atoms with Crippen LogP contribution in [-0.2, 0) is 14.4 Å². The second-order valence-corrected chi connectivity index (χ2v) is 7.73. The molecule has 2 aliphatic carbocycles. The van der Waals surface area contributed by atoms with Crippen LogP contribution in [0.5, 0.6) is 0 Å². The number of hydrogen-bond acceptors (Lipinski definition) is 4. The summed E-state index contributed by atoms with van der Waals surface area (Å²) in [6, 6.07) is -1.06. The van der Waals surface area contributed by atoms with Crippen LogP contribution in [0.15, 0.2) is 0 Å². The highest BCUT2D eigenvalue weighted by molar-refractivity contribution is 5.96. The molecular weight excluding hydrogens is 298 g/mol. The molecule has 2 aliphatic rings. The van der Waals surface area contributed by atoms with Crippen LogP contribution in [0.1, 0.15) is 52.9 Å². The Morgan fingerprint density at radius 2 is 1.87 bits per heavy atom. The summed E-state index contributed by atoms with van der Waals surface area (Å²) in [5, 5.41) is 14.4. The van der Waals surface area contributed by atoms with E-state index in [-0.39, 0.29) is 17.4 Å². The average Bonchev–Trinajstić information content (AvgIpc) is 3.16. The molecule has 2 rings (SSSR count). The van der Waals surface area contributed by atoms with Crippen molar-refractivity contribution in [1.82, 2.24) is 10.6 Å². The molecule has 0 bridgehead atoms. The van der Waals surface area contributed by atoms with E-state index in [1.165, 1.54) is 0 Å². The van der Waals surface area contributed by atoms with Gasteiger partial charge in [0.2, 0.25) is 11.8 Å². The summed E-state index contributed by atoms with van der Waals surface area (Å²) >= 11 is 0. The smallest absolute Gasteiger partial charge is 0.305 e. The van der Waals surface area contributed by atoms with Crippen molar-refractivity contribution in [3.05, 3.63) is 0 Å². The first kappa shape index (κ1) is 17.7. The third-order valence-corrected chi connectivity index (χ3v) is 5.22. The second kappa shape index (κ2) is 6.11. The van der Waals surface area contributed by atoms with Crippen molar-refractivity contribution < 1.29 is 19.5 Å². The molecule has 0 saturated heterocycles. The molecule has 7 heteroatoms. The molecule has 0 heterocycles. The minimum absolute atomic E-state index is 0.0366. The number of hydrogen-bond donors (Lipinski definition) is 4.